The van der Waals surface area contributed by atoms with Crippen molar-refractivity contribution >= 4 is 11.9 Å². The first-order chi connectivity index (χ1) is 17.7. The van der Waals surface area contributed by atoms with Gasteiger partial charge >= 0.3 is 6.03 Å². The van der Waals surface area contributed by atoms with E-state index >= 15 is 0 Å². The Hall–Kier alpha value is -4.38. The molecule has 0 aromatic heterocycles. The molecule has 4 aromatic carbocycles. The molecule has 2 N–H and O–H groups in total. The summed E-state index contributed by atoms with van der Waals surface area (Å²) in [4.78, 5) is 28.5. The predicted octanol–water partition coefficient (Wildman–Crippen LogP) is 5.47. The van der Waals surface area contributed by atoms with Gasteiger partial charge in [0.1, 0.15) is 6.04 Å². The molecule has 1 heterocycles. The minimum Gasteiger partial charge on any atom is -0.330 e. The van der Waals surface area contributed by atoms with E-state index in [9.17, 15) is 9.59 Å². The third-order valence-corrected chi connectivity index (χ3v) is 6.63. The minimum absolute atomic E-state index is 0.0705. The third kappa shape index (κ3) is 5.15. The van der Waals surface area contributed by atoms with Crippen molar-refractivity contribution in [2.45, 2.75) is 24.5 Å². The highest BCUT2D eigenvalue weighted by Crippen LogP contribution is 2.32. The average molecular weight is 476 g/mol. The Morgan fingerprint density at radius 1 is 0.667 bits per heavy atom. The standard InChI is InChI=1S/C31H29N3O2/c35-30-27(21-22-34(30)29(25-17-9-3-10-18-25)26-19-11-4-12-20-26)32-31(36)33-28(23-13-5-1-6-14-23)24-15-7-2-8-16-24/h1-20,27-29H,21-22H2,(H2,32,33,36). The number of likely N-dealkylation sites (tertiary alicyclic amines) is 1. The largest absolute Gasteiger partial charge is 0.330 e. The Morgan fingerprint density at radius 2 is 1.08 bits per heavy atom. The fourth-order valence-electron chi connectivity index (χ4n) is 4.90. The van der Waals surface area contributed by atoms with Crippen LogP contribution in [0.15, 0.2) is 121 Å². The van der Waals surface area contributed by atoms with Gasteiger partial charge in [-0.15, -0.1) is 0 Å². The van der Waals surface area contributed by atoms with Crippen LogP contribution in [0.4, 0.5) is 4.79 Å². The van der Waals surface area contributed by atoms with Gasteiger partial charge in [0, 0.05) is 6.54 Å². The maximum atomic E-state index is 13.5. The first-order valence-corrected chi connectivity index (χ1v) is 12.3. The molecule has 36 heavy (non-hydrogen) atoms. The summed E-state index contributed by atoms with van der Waals surface area (Å²) in [7, 11) is 0. The van der Waals surface area contributed by atoms with Crippen LogP contribution in [0.1, 0.15) is 40.8 Å². The number of urea groups is 1. The Bertz CT molecular complexity index is 1200. The summed E-state index contributed by atoms with van der Waals surface area (Å²) in [5, 5.41) is 6.03. The quantitative estimate of drug-likeness (QED) is 0.373. The molecular formula is C31H29N3O2. The molecule has 180 valence electrons. The van der Waals surface area contributed by atoms with Gasteiger partial charge in [-0.25, -0.2) is 4.79 Å². The summed E-state index contributed by atoms with van der Waals surface area (Å²) in [5.41, 5.74) is 4.06. The summed E-state index contributed by atoms with van der Waals surface area (Å²) >= 11 is 0. The number of benzene rings is 4. The Kier molecular flexibility index (Phi) is 7.08. The monoisotopic (exact) mass is 475 g/mol. The predicted molar refractivity (Wildman–Crippen MR) is 141 cm³/mol. The van der Waals surface area contributed by atoms with E-state index in [1.54, 1.807) is 0 Å². The number of amides is 3. The van der Waals surface area contributed by atoms with Crippen molar-refractivity contribution in [3.63, 3.8) is 0 Å². The molecule has 1 unspecified atom stereocenters. The van der Waals surface area contributed by atoms with E-state index in [0.717, 1.165) is 22.3 Å². The minimum atomic E-state index is -0.577. The molecule has 1 saturated heterocycles. The van der Waals surface area contributed by atoms with E-state index in [2.05, 4.69) is 10.6 Å². The van der Waals surface area contributed by atoms with Crippen molar-refractivity contribution in [3.8, 4) is 0 Å². The lowest BCUT2D eigenvalue weighted by atomic mass is 9.97. The number of hydrogen-bond donors (Lipinski definition) is 2. The van der Waals surface area contributed by atoms with Crippen LogP contribution >= 0.6 is 0 Å². The maximum Gasteiger partial charge on any atom is 0.316 e. The summed E-state index contributed by atoms with van der Waals surface area (Å²) in [6, 6.07) is 38.3. The SMILES string of the molecule is O=C(NC1CCN(C(c2ccccc2)c2ccccc2)C1=O)NC(c1ccccc1)c1ccccc1. The van der Waals surface area contributed by atoms with Crippen LogP contribution in [-0.4, -0.2) is 29.4 Å². The van der Waals surface area contributed by atoms with E-state index in [1.807, 2.05) is 126 Å². The molecule has 3 amide bonds. The lowest BCUT2D eigenvalue weighted by Gasteiger charge is -2.29. The Balaban J connectivity index is 1.33. The number of nitrogens with zero attached hydrogens (tertiary/aromatic N) is 1. The highest BCUT2D eigenvalue weighted by molar-refractivity contribution is 5.89. The smallest absolute Gasteiger partial charge is 0.316 e. The van der Waals surface area contributed by atoms with Gasteiger partial charge in [-0.05, 0) is 28.7 Å². The lowest BCUT2D eigenvalue weighted by Crippen LogP contribution is -2.47. The highest BCUT2D eigenvalue weighted by Gasteiger charge is 2.38. The normalized spacial score (nSPS) is 15.3. The van der Waals surface area contributed by atoms with Crippen molar-refractivity contribution in [1.82, 2.24) is 15.5 Å². The van der Waals surface area contributed by atoms with E-state index in [0.29, 0.717) is 13.0 Å². The molecule has 1 fully saturated rings. The van der Waals surface area contributed by atoms with Gasteiger partial charge in [0.05, 0.1) is 12.1 Å². The van der Waals surface area contributed by atoms with Gasteiger partial charge in [0.25, 0.3) is 0 Å². The zero-order valence-corrected chi connectivity index (χ0v) is 20.0. The van der Waals surface area contributed by atoms with Crippen molar-refractivity contribution in [2.75, 3.05) is 6.54 Å². The fourth-order valence-corrected chi connectivity index (χ4v) is 4.90. The molecule has 1 atom stereocenters. The van der Waals surface area contributed by atoms with Gasteiger partial charge in [-0.3, -0.25) is 4.79 Å². The van der Waals surface area contributed by atoms with Crippen LogP contribution in [0, 0.1) is 0 Å². The van der Waals surface area contributed by atoms with Crippen molar-refractivity contribution in [3.05, 3.63) is 144 Å². The molecule has 4 aromatic rings. The van der Waals surface area contributed by atoms with E-state index in [4.69, 9.17) is 0 Å². The number of carbonyl (C=O) groups excluding carboxylic acids is 2. The molecule has 1 aliphatic heterocycles. The zero-order valence-electron chi connectivity index (χ0n) is 20.0. The second kappa shape index (κ2) is 10.9. The second-order valence-electron chi connectivity index (χ2n) is 8.97. The van der Waals surface area contributed by atoms with Gasteiger partial charge in [-0.2, -0.15) is 0 Å². The first kappa shape index (κ1) is 23.4. The molecule has 5 heteroatoms. The average Bonchev–Trinajstić information content (AvgIpc) is 3.29. The van der Waals surface area contributed by atoms with Crippen LogP contribution in [-0.2, 0) is 4.79 Å². The molecule has 0 bridgehead atoms. The number of hydrogen-bond acceptors (Lipinski definition) is 2. The molecule has 1 aliphatic rings. The van der Waals surface area contributed by atoms with Crippen LogP contribution in [0.2, 0.25) is 0 Å². The van der Waals surface area contributed by atoms with Gasteiger partial charge < -0.3 is 15.5 Å². The van der Waals surface area contributed by atoms with Crippen LogP contribution in [0.3, 0.4) is 0 Å². The molecule has 0 radical (unpaired) electrons. The number of nitrogens with one attached hydrogen (secondary N) is 2. The van der Waals surface area contributed by atoms with Gasteiger partial charge in [0.2, 0.25) is 5.91 Å². The lowest BCUT2D eigenvalue weighted by molar-refractivity contribution is -0.130. The van der Waals surface area contributed by atoms with Crippen molar-refractivity contribution < 1.29 is 9.59 Å². The van der Waals surface area contributed by atoms with Gasteiger partial charge in [-0.1, -0.05) is 121 Å². The summed E-state index contributed by atoms with van der Waals surface area (Å²) in [6.07, 6.45) is 0.559. The summed E-state index contributed by atoms with van der Waals surface area (Å²) < 4.78 is 0. The van der Waals surface area contributed by atoms with Gasteiger partial charge in [0.15, 0.2) is 0 Å². The van der Waals surface area contributed by atoms with E-state index < -0.39 is 6.04 Å². The third-order valence-electron chi connectivity index (χ3n) is 6.63. The highest BCUT2D eigenvalue weighted by atomic mass is 16.2. The Morgan fingerprint density at radius 3 is 1.53 bits per heavy atom. The summed E-state index contributed by atoms with van der Waals surface area (Å²) in [6.45, 7) is 0.568. The van der Waals surface area contributed by atoms with Crippen LogP contribution in [0.5, 0.6) is 0 Å². The molecule has 0 saturated carbocycles. The zero-order chi connectivity index (χ0) is 24.7. The van der Waals surface area contributed by atoms with Crippen molar-refractivity contribution in [1.29, 1.82) is 0 Å². The fraction of sp³-hybridized carbons (Fsp3) is 0.161. The number of rotatable bonds is 7. The maximum absolute atomic E-state index is 13.5. The number of carbonyl (C=O) groups is 2. The molecule has 0 spiro atoms. The summed E-state index contributed by atoms with van der Waals surface area (Å²) in [5.74, 6) is -0.0705. The first-order valence-electron chi connectivity index (χ1n) is 12.3. The van der Waals surface area contributed by atoms with E-state index in [1.165, 1.54) is 0 Å². The second-order valence-corrected chi connectivity index (χ2v) is 8.97. The molecule has 5 nitrogen and oxygen atoms in total. The Labute approximate surface area is 211 Å². The van der Waals surface area contributed by atoms with Crippen LogP contribution in [0.25, 0.3) is 0 Å². The van der Waals surface area contributed by atoms with Crippen molar-refractivity contribution in [2.24, 2.45) is 0 Å². The topological polar surface area (TPSA) is 61.4 Å². The van der Waals surface area contributed by atoms with Crippen LogP contribution < -0.4 is 10.6 Å². The molecule has 5 rings (SSSR count). The molecular weight excluding hydrogens is 446 g/mol. The van der Waals surface area contributed by atoms with E-state index in [-0.39, 0.29) is 24.0 Å². The molecule has 0 aliphatic carbocycles.